The first-order valence-electron chi connectivity index (χ1n) is 4.74. The fourth-order valence-electron chi connectivity index (χ4n) is 0.614. The summed E-state index contributed by atoms with van der Waals surface area (Å²) in [5, 5.41) is 0. The van der Waals surface area contributed by atoms with E-state index in [1.165, 1.54) is 14.2 Å². The van der Waals surface area contributed by atoms with Crippen molar-refractivity contribution in [1.29, 1.82) is 0 Å². The molecule has 6 nitrogen and oxygen atoms in total. The molecule has 0 aromatic heterocycles. The molecule has 16 heavy (non-hydrogen) atoms. The Kier molecular flexibility index (Phi) is 12.4. The first-order chi connectivity index (χ1) is 7.53. The molecule has 0 saturated carbocycles. The van der Waals surface area contributed by atoms with Crippen molar-refractivity contribution in [2.24, 2.45) is 11.5 Å². The lowest BCUT2D eigenvalue weighted by Gasteiger charge is -2.04. The van der Waals surface area contributed by atoms with E-state index >= 15 is 0 Å². The fourth-order valence-corrected chi connectivity index (χ4v) is 0.614. The summed E-state index contributed by atoms with van der Waals surface area (Å²) in [6.45, 7) is 1.85. The number of rotatable bonds is 4. The second-order valence-corrected chi connectivity index (χ2v) is 2.71. The first kappa shape index (κ1) is 17.0. The summed E-state index contributed by atoms with van der Waals surface area (Å²) in [5.41, 5.74) is 10.2. The van der Waals surface area contributed by atoms with Crippen LogP contribution >= 0.6 is 0 Å². The van der Waals surface area contributed by atoms with Gasteiger partial charge in [0.1, 0.15) is 6.04 Å². The number of nitrogens with two attached hydrogens (primary N) is 2. The van der Waals surface area contributed by atoms with E-state index in [0.717, 1.165) is 0 Å². The standard InChI is InChI=1S/C7H13NO2.C3H7NO2/c1-3-4-5-6(8)7(9)10-2;1-6-3(5)2-4/h3-4,6H,5,8H2,1-2H3;2,4H2,1H3/b4-3-;. The van der Waals surface area contributed by atoms with Crippen LogP contribution in [0.5, 0.6) is 0 Å². The lowest BCUT2D eigenvalue weighted by atomic mass is 10.2. The van der Waals surface area contributed by atoms with Gasteiger partial charge < -0.3 is 20.9 Å². The third kappa shape index (κ3) is 10.7. The molecule has 0 aliphatic heterocycles. The van der Waals surface area contributed by atoms with Gasteiger partial charge in [0, 0.05) is 0 Å². The molecule has 1 unspecified atom stereocenters. The highest BCUT2D eigenvalue weighted by molar-refractivity contribution is 5.75. The van der Waals surface area contributed by atoms with Crippen molar-refractivity contribution in [1.82, 2.24) is 0 Å². The van der Waals surface area contributed by atoms with Gasteiger partial charge in [-0.3, -0.25) is 9.59 Å². The average Bonchev–Trinajstić information content (AvgIpc) is 2.34. The summed E-state index contributed by atoms with van der Waals surface area (Å²) in [4.78, 5) is 20.5. The molecule has 94 valence electrons. The van der Waals surface area contributed by atoms with Crippen molar-refractivity contribution < 1.29 is 19.1 Å². The SMILES string of the molecule is C/C=C\CC(N)C(=O)OC.COC(=O)CN. The number of hydrogen-bond acceptors (Lipinski definition) is 6. The third-order valence-corrected chi connectivity index (χ3v) is 1.52. The minimum Gasteiger partial charge on any atom is -0.468 e. The van der Waals surface area contributed by atoms with Crippen LogP contribution in [-0.2, 0) is 19.1 Å². The van der Waals surface area contributed by atoms with Crippen LogP contribution in [0.3, 0.4) is 0 Å². The van der Waals surface area contributed by atoms with Crippen LogP contribution in [-0.4, -0.2) is 38.7 Å². The number of carbonyl (C=O) groups excluding carboxylic acids is 2. The minimum absolute atomic E-state index is 0.0312. The van der Waals surface area contributed by atoms with E-state index < -0.39 is 6.04 Å². The number of esters is 2. The molecule has 0 heterocycles. The molecule has 0 amide bonds. The topological polar surface area (TPSA) is 105 Å². The summed E-state index contributed by atoms with van der Waals surface area (Å²) >= 11 is 0. The molecule has 0 aliphatic carbocycles. The van der Waals surface area contributed by atoms with Gasteiger partial charge in [-0.1, -0.05) is 12.2 Å². The van der Waals surface area contributed by atoms with E-state index in [4.69, 9.17) is 11.5 Å². The molecule has 6 heteroatoms. The minimum atomic E-state index is -0.513. The van der Waals surface area contributed by atoms with Crippen LogP contribution < -0.4 is 11.5 Å². The van der Waals surface area contributed by atoms with Crippen LogP contribution in [0.4, 0.5) is 0 Å². The predicted octanol–water partition coefficient (Wildman–Crippen LogP) is -0.429. The predicted molar refractivity (Wildman–Crippen MR) is 60.5 cm³/mol. The maximum Gasteiger partial charge on any atom is 0.322 e. The summed E-state index contributed by atoms with van der Waals surface area (Å²) in [7, 11) is 2.63. The summed E-state index contributed by atoms with van der Waals surface area (Å²) in [5.74, 6) is -0.742. The monoisotopic (exact) mass is 232 g/mol. The second-order valence-electron chi connectivity index (χ2n) is 2.71. The van der Waals surface area contributed by atoms with Gasteiger partial charge >= 0.3 is 11.9 Å². The molecule has 0 saturated heterocycles. The zero-order valence-corrected chi connectivity index (χ0v) is 9.93. The zero-order chi connectivity index (χ0) is 13.0. The van der Waals surface area contributed by atoms with E-state index in [1.54, 1.807) is 0 Å². The van der Waals surface area contributed by atoms with Gasteiger partial charge in [-0.25, -0.2) is 0 Å². The maximum atomic E-state index is 10.6. The van der Waals surface area contributed by atoms with Crippen molar-refractivity contribution in [3.8, 4) is 0 Å². The number of hydrogen-bond donors (Lipinski definition) is 2. The molecule has 0 aromatic rings. The molecule has 0 fully saturated rings. The molecule has 0 rings (SSSR count). The van der Waals surface area contributed by atoms with E-state index in [2.05, 4.69) is 9.47 Å². The molecule has 0 bridgehead atoms. The highest BCUT2D eigenvalue weighted by atomic mass is 16.5. The molecular formula is C10H20N2O4. The second kappa shape index (κ2) is 11.7. The Morgan fingerprint density at radius 1 is 1.31 bits per heavy atom. The maximum absolute atomic E-state index is 10.6. The summed E-state index contributed by atoms with van der Waals surface area (Å²) < 4.78 is 8.55. The van der Waals surface area contributed by atoms with Gasteiger partial charge in [-0.15, -0.1) is 0 Å². The molecule has 0 aromatic carbocycles. The molecule has 0 spiro atoms. The Labute approximate surface area is 95.6 Å². The van der Waals surface area contributed by atoms with Crippen LogP contribution in [0.15, 0.2) is 12.2 Å². The van der Waals surface area contributed by atoms with Gasteiger partial charge in [-0.2, -0.15) is 0 Å². The Bertz CT molecular complexity index is 223. The van der Waals surface area contributed by atoms with Gasteiger partial charge in [-0.05, 0) is 13.3 Å². The normalized spacial score (nSPS) is 11.3. The lowest BCUT2D eigenvalue weighted by Crippen LogP contribution is -2.30. The van der Waals surface area contributed by atoms with Gasteiger partial charge in [0.05, 0.1) is 20.8 Å². The Balaban J connectivity index is 0. The van der Waals surface area contributed by atoms with Crippen molar-refractivity contribution in [2.45, 2.75) is 19.4 Å². The smallest absolute Gasteiger partial charge is 0.322 e. The molecule has 1 atom stereocenters. The number of ether oxygens (including phenoxy) is 2. The van der Waals surface area contributed by atoms with Crippen molar-refractivity contribution >= 4 is 11.9 Å². The molecule has 0 aliphatic rings. The van der Waals surface area contributed by atoms with Gasteiger partial charge in [0.15, 0.2) is 0 Å². The average molecular weight is 232 g/mol. The first-order valence-corrected chi connectivity index (χ1v) is 4.74. The molecule has 4 N–H and O–H groups in total. The fraction of sp³-hybridized carbons (Fsp3) is 0.600. The van der Waals surface area contributed by atoms with Crippen LogP contribution in [0.2, 0.25) is 0 Å². The van der Waals surface area contributed by atoms with Crippen molar-refractivity contribution in [2.75, 3.05) is 20.8 Å². The zero-order valence-electron chi connectivity index (χ0n) is 9.93. The highest BCUT2D eigenvalue weighted by Gasteiger charge is 2.10. The van der Waals surface area contributed by atoms with E-state index in [1.807, 2.05) is 19.1 Å². The van der Waals surface area contributed by atoms with Crippen molar-refractivity contribution in [3.05, 3.63) is 12.2 Å². The largest absolute Gasteiger partial charge is 0.468 e. The van der Waals surface area contributed by atoms with Gasteiger partial charge in [0.2, 0.25) is 0 Å². The molecular weight excluding hydrogens is 212 g/mol. The Morgan fingerprint density at radius 2 is 1.88 bits per heavy atom. The summed E-state index contributed by atoms with van der Waals surface area (Å²) in [6, 6.07) is -0.513. The Morgan fingerprint density at radius 3 is 2.12 bits per heavy atom. The van der Waals surface area contributed by atoms with Gasteiger partial charge in [0.25, 0.3) is 0 Å². The lowest BCUT2D eigenvalue weighted by molar-refractivity contribution is -0.142. The van der Waals surface area contributed by atoms with Crippen LogP contribution in [0.1, 0.15) is 13.3 Å². The van der Waals surface area contributed by atoms with Crippen LogP contribution in [0, 0.1) is 0 Å². The van der Waals surface area contributed by atoms with E-state index in [9.17, 15) is 9.59 Å². The quantitative estimate of drug-likeness (QED) is 0.503. The number of carbonyl (C=O) groups is 2. The number of methoxy groups -OCH3 is 2. The highest BCUT2D eigenvalue weighted by Crippen LogP contribution is 1.91. The van der Waals surface area contributed by atoms with Crippen LogP contribution in [0.25, 0.3) is 0 Å². The number of allylic oxidation sites excluding steroid dienone is 1. The summed E-state index contributed by atoms with van der Waals surface area (Å²) in [6.07, 6.45) is 4.23. The molecule has 0 radical (unpaired) electrons. The Hall–Kier alpha value is -1.40. The van der Waals surface area contributed by atoms with E-state index in [0.29, 0.717) is 6.42 Å². The van der Waals surface area contributed by atoms with E-state index in [-0.39, 0.29) is 18.5 Å². The third-order valence-electron chi connectivity index (χ3n) is 1.52. The van der Waals surface area contributed by atoms with Crippen molar-refractivity contribution in [3.63, 3.8) is 0 Å².